The Labute approximate surface area is 325 Å². The number of hydrogen-bond acceptors (Lipinski definition) is 7. The molecule has 0 spiro atoms. The molecule has 1 aliphatic carbocycles. The van der Waals surface area contributed by atoms with Gasteiger partial charge in [-0.05, 0) is 61.1 Å². The van der Waals surface area contributed by atoms with Gasteiger partial charge in [-0.15, -0.1) is 0 Å². The molecule has 2 N–H and O–H groups in total. The summed E-state index contributed by atoms with van der Waals surface area (Å²) in [6, 6.07) is 16.1. The van der Waals surface area contributed by atoms with Gasteiger partial charge in [0.1, 0.15) is 0 Å². The molecule has 51 heavy (non-hydrogen) atoms. The molecule has 2 aromatic carbocycles. The molecule has 12 heteroatoms. The van der Waals surface area contributed by atoms with Gasteiger partial charge in [-0.1, -0.05) is 101 Å². The fraction of sp³-hybridized carbons (Fsp3) is 0.359. The standard InChI is InChI=1S/C39H46N2O7S2.Na/c1-38(2)31-17-7-9-19-33(31)40(25-13-27-49(43,44)45)35(38)21-11-5-15-29-23-24-30(37(29)42)16-6-12-22-36-39(3,4)32-18-8-10-20-34(32)41(36)26-14-28-50(46,47)48;/h5-12,15-22H,13-14,23-28H2,1-4H3,(H,43,44,45)(H,46,47,48);/q;+1/b11-5+,12-6+,29-15+,30-16+,35-21+,36-22+;. The van der Waals surface area contributed by atoms with Crippen LogP contribution < -0.4 is 39.4 Å². The van der Waals surface area contributed by atoms with E-state index in [1.54, 1.807) is 0 Å². The maximum atomic E-state index is 13.2. The Morgan fingerprint density at radius 1 is 0.627 bits per heavy atom. The fourth-order valence-electron chi connectivity index (χ4n) is 7.23. The summed E-state index contributed by atoms with van der Waals surface area (Å²) in [5, 5.41) is 0. The smallest absolute Gasteiger partial charge is 0.344 e. The normalized spacial score (nSPS) is 21.5. The van der Waals surface area contributed by atoms with Crippen LogP contribution in [0.2, 0.25) is 0 Å². The summed E-state index contributed by atoms with van der Waals surface area (Å²) in [6.45, 7) is 9.38. The van der Waals surface area contributed by atoms with Gasteiger partial charge in [-0.25, -0.2) is 0 Å². The summed E-state index contributed by atoms with van der Waals surface area (Å²) in [5.41, 5.74) is 7.14. The second-order valence-electron chi connectivity index (χ2n) is 14.0. The maximum Gasteiger partial charge on any atom is 1.00 e. The largest absolute Gasteiger partial charge is 1.00 e. The van der Waals surface area contributed by atoms with Crippen molar-refractivity contribution in [3.8, 4) is 0 Å². The van der Waals surface area contributed by atoms with E-state index >= 15 is 0 Å². The molecule has 0 amide bonds. The number of fused-ring (bicyclic) bond motifs is 2. The summed E-state index contributed by atoms with van der Waals surface area (Å²) in [4.78, 5) is 17.4. The molecule has 0 atom stereocenters. The Bertz CT molecular complexity index is 1910. The maximum absolute atomic E-state index is 13.2. The van der Waals surface area contributed by atoms with Gasteiger partial charge in [-0.2, -0.15) is 16.8 Å². The minimum atomic E-state index is -4.05. The van der Waals surface area contributed by atoms with Crippen LogP contribution in [-0.2, 0) is 35.9 Å². The average Bonchev–Trinajstić information content (AvgIpc) is 3.57. The predicted molar refractivity (Wildman–Crippen MR) is 201 cm³/mol. The summed E-state index contributed by atoms with van der Waals surface area (Å²) in [7, 11) is -8.11. The van der Waals surface area contributed by atoms with Gasteiger partial charge >= 0.3 is 29.6 Å². The summed E-state index contributed by atoms with van der Waals surface area (Å²) >= 11 is 0. The van der Waals surface area contributed by atoms with E-state index in [0.717, 1.165) is 45.0 Å². The van der Waals surface area contributed by atoms with Crippen molar-refractivity contribution in [3.63, 3.8) is 0 Å². The van der Waals surface area contributed by atoms with Crippen molar-refractivity contribution in [2.75, 3.05) is 34.4 Å². The van der Waals surface area contributed by atoms with E-state index in [0.29, 0.717) is 25.9 Å². The van der Waals surface area contributed by atoms with Crippen molar-refractivity contribution in [1.82, 2.24) is 0 Å². The molecule has 1 fully saturated rings. The Balaban J connectivity index is 0.00000583. The number of allylic oxidation sites excluding steroid dienone is 12. The molecule has 9 nitrogen and oxygen atoms in total. The zero-order chi connectivity index (χ0) is 36.3. The minimum Gasteiger partial charge on any atom is -0.344 e. The predicted octanol–water partition coefficient (Wildman–Crippen LogP) is 4.24. The van der Waals surface area contributed by atoms with Gasteiger partial charge in [0.05, 0.1) is 11.5 Å². The van der Waals surface area contributed by atoms with Crippen molar-refractivity contribution >= 4 is 37.4 Å². The number of carbonyl (C=O) groups is 1. The van der Waals surface area contributed by atoms with Crippen molar-refractivity contribution in [3.05, 3.63) is 131 Å². The number of Topliss-reactive ketones (excluding diaryl/α,β-unsaturated/α-hetero) is 1. The first-order valence-corrected chi connectivity index (χ1v) is 20.1. The van der Waals surface area contributed by atoms with E-state index in [1.807, 2.05) is 85.0 Å². The topological polar surface area (TPSA) is 132 Å². The van der Waals surface area contributed by atoms with Crippen LogP contribution in [0.25, 0.3) is 0 Å². The molecule has 3 aliphatic rings. The number of ketones is 1. The van der Waals surface area contributed by atoms with Crippen LogP contribution in [0.1, 0.15) is 64.5 Å². The first-order chi connectivity index (χ1) is 23.5. The molecule has 0 radical (unpaired) electrons. The minimum absolute atomic E-state index is 0. The zero-order valence-corrected chi connectivity index (χ0v) is 33.7. The molecule has 266 valence electrons. The van der Waals surface area contributed by atoms with Gasteiger partial charge in [0, 0.05) is 57.8 Å². The van der Waals surface area contributed by atoms with Crippen LogP contribution in [-0.4, -0.2) is 56.3 Å². The molecule has 0 bridgehead atoms. The third kappa shape index (κ3) is 9.50. The Kier molecular flexibility index (Phi) is 13.0. The summed E-state index contributed by atoms with van der Waals surface area (Å²) in [6.07, 6.45) is 17.1. The first-order valence-electron chi connectivity index (χ1n) is 16.9. The Morgan fingerprint density at radius 3 is 1.35 bits per heavy atom. The number of carbonyl (C=O) groups excluding carboxylic acids is 1. The van der Waals surface area contributed by atoms with Crippen molar-refractivity contribution in [1.29, 1.82) is 0 Å². The quantitative estimate of drug-likeness (QED) is 0.186. The van der Waals surface area contributed by atoms with Crippen molar-refractivity contribution in [2.24, 2.45) is 0 Å². The van der Waals surface area contributed by atoms with Crippen LogP contribution in [0.15, 0.2) is 120 Å². The van der Waals surface area contributed by atoms with Crippen LogP contribution in [0.5, 0.6) is 0 Å². The molecular weight excluding hydrogens is 696 g/mol. The van der Waals surface area contributed by atoms with E-state index in [9.17, 15) is 30.7 Å². The Morgan fingerprint density at radius 2 is 0.980 bits per heavy atom. The van der Waals surface area contributed by atoms with Gasteiger partial charge in [0.15, 0.2) is 5.78 Å². The average molecular weight is 742 g/mol. The molecule has 0 saturated heterocycles. The molecule has 1 saturated carbocycles. The van der Waals surface area contributed by atoms with Crippen LogP contribution >= 0.6 is 0 Å². The fourth-order valence-corrected chi connectivity index (χ4v) is 8.22. The molecular formula is C39H46N2NaO7S2+. The third-order valence-electron chi connectivity index (χ3n) is 9.74. The second kappa shape index (κ2) is 16.3. The van der Waals surface area contributed by atoms with Gasteiger partial charge in [0.2, 0.25) is 0 Å². The van der Waals surface area contributed by atoms with Crippen LogP contribution in [0.4, 0.5) is 11.4 Å². The second-order valence-corrected chi connectivity index (χ2v) is 17.1. The van der Waals surface area contributed by atoms with E-state index in [1.165, 1.54) is 0 Å². The number of para-hydroxylation sites is 2. The number of nitrogens with zero attached hydrogens (tertiary/aromatic N) is 2. The molecule has 2 heterocycles. The molecule has 2 aromatic rings. The van der Waals surface area contributed by atoms with Gasteiger partial charge < -0.3 is 9.80 Å². The van der Waals surface area contributed by atoms with E-state index in [-0.39, 0.29) is 70.5 Å². The van der Waals surface area contributed by atoms with E-state index < -0.39 is 20.2 Å². The summed E-state index contributed by atoms with van der Waals surface area (Å²) < 4.78 is 63.9. The molecule has 0 aromatic heterocycles. The number of anilines is 2. The first kappa shape index (κ1) is 40.7. The van der Waals surface area contributed by atoms with Crippen molar-refractivity contribution < 1.29 is 60.3 Å². The van der Waals surface area contributed by atoms with Crippen LogP contribution in [0, 0.1) is 0 Å². The number of rotatable bonds is 12. The van der Waals surface area contributed by atoms with Gasteiger partial charge in [-0.3, -0.25) is 13.9 Å². The van der Waals surface area contributed by atoms with Crippen LogP contribution in [0.3, 0.4) is 0 Å². The number of hydrogen-bond donors (Lipinski definition) is 2. The molecule has 5 rings (SSSR count). The van der Waals surface area contributed by atoms with E-state index in [4.69, 9.17) is 0 Å². The zero-order valence-electron chi connectivity index (χ0n) is 30.0. The molecule has 2 aliphatic heterocycles. The Hall–Kier alpha value is -3.03. The third-order valence-corrected chi connectivity index (χ3v) is 11.3. The number of benzene rings is 2. The van der Waals surface area contributed by atoms with Crippen molar-refractivity contribution in [2.45, 2.75) is 64.2 Å². The van der Waals surface area contributed by atoms with Gasteiger partial charge in [0.25, 0.3) is 20.2 Å². The molecule has 0 unspecified atom stereocenters. The monoisotopic (exact) mass is 741 g/mol. The van der Waals surface area contributed by atoms with E-state index in [2.05, 4.69) is 49.6 Å². The summed E-state index contributed by atoms with van der Waals surface area (Å²) in [5.74, 6) is -0.604. The SMILES string of the molecule is CC1(C)\C(=C/C=C/C=C2\CC\C(=C/C=C/C=C3/N(CCCS(=O)(=O)O)c4ccccc4C3(C)C)C2=O)N(CCCS(=O)(=O)O)c2ccccc21.[Na+].